The maximum absolute atomic E-state index is 11.9. The standard InChI is InChI=1S/C13H19ClN4O/c14-10-4-5-11(15)17-12(10)13(19)16-6-3-9-18-7-1-2-8-18/h4-5H,1-3,6-9H2,(H2,15,17)(H,16,19). The van der Waals surface area contributed by atoms with Crippen molar-refractivity contribution >= 4 is 23.3 Å². The van der Waals surface area contributed by atoms with Crippen molar-refractivity contribution < 1.29 is 4.79 Å². The van der Waals surface area contributed by atoms with Crippen LogP contribution in [0.2, 0.25) is 5.02 Å². The third kappa shape index (κ3) is 4.08. The van der Waals surface area contributed by atoms with Gasteiger partial charge in [0, 0.05) is 6.54 Å². The van der Waals surface area contributed by atoms with Gasteiger partial charge in [-0.15, -0.1) is 0 Å². The van der Waals surface area contributed by atoms with Crippen molar-refractivity contribution in [2.75, 3.05) is 31.9 Å². The Kier molecular flexibility index (Phi) is 4.99. The lowest BCUT2D eigenvalue weighted by Gasteiger charge is -2.14. The maximum Gasteiger partial charge on any atom is 0.271 e. The van der Waals surface area contributed by atoms with E-state index in [4.69, 9.17) is 17.3 Å². The molecule has 104 valence electrons. The first-order chi connectivity index (χ1) is 9.16. The quantitative estimate of drug-likeness (QED) is 0.804. The summed E-state index contributed by atoms with van der Waals surface area (Å²) < 4.78 is 0. The number of nitrogens with zero attached hydrogens (tertiary/aromatic N) is 2. The van der Waals surface area contributed by atoms with Crippen LogP contribution in [0.15, 0.2) is 12.1 Å². The lowest BCUT2D eigenvalue weighted by atomic mass is 10.3. The van der Waals surface area contributed by atoms with Gasteiger partial charge in [0.1, 0.15) is 11.5 Å². The lowest BCUT2D eigenvalue weighted by molar-refractivity contribution is 0.0947. The second-order valence-corrected chi connectivity index (χ2v) is 5.13. The van der Waals surface area contributed by atoms with E-state index in [0.717, 1.165) is 13.0 Å². The Morgan fingerprint density at radius 1 is 1.42 bits per heavy atom. The summed E-state index contributed by atoms with van der Waals surface area (Å²) in [5, 5.41) is 3.15. The predicted octanol–water partition coefficient (Wildman–Crippen LogP) is 1.53. The number of aromatic nitrogens is 1. The summed E-state index contributed by atoms with van der Waals surface area (Å²) >= 11 is 5.92. The summed E-state index contributed by atoms with van der Waals surface area (Å²) in [5.74, 6) is 0.0327. The smallest absolute Gasteiger partial charge is 0.271 e. The van der Waals surface area contributed by atoms with E-state index in [1.54, 1.807) is 12.1 Å². The monoisotopic (exact) mass is 282 g/mol. The Morgan fingerprint density at radius 2 is 2.16 bits per heavy atom. The van der Waals surface area contributed by atoms with E-state index in [1.165, 1.54) is 25.9 Å². The third-order valence-electron chi connectivity index (χ3n) is 3.22. The van der Waals surface area contributed by atoms with E-state index in [9.17, 15) is 4.79 Å². The second kappa shape index (κ2) is 6.73. The molecular formula is C13H19ClN4O. The van der Waals surface area contributed by atoms with Crippen molar-refractivity contribution in [3.8, 4) is 0 Å². The number of amides is 1. The SMILES string of the molecule is Nc1ccc(Cl)c(C(=O)NCCCN2CCCC2)n1. The number of hydrogen-bond donors (Lipinski definition) is 2. The maximum atomic E-state index is 11.9. The van der Waals surface area contributed by atoms with E-state index < -0.39 is 0 Å². The minimum Gasteiger partial charge on any atom is -0.384 e. The highest BCUT2D eigenvalue weighted by molar-refractivity contribution is 6.33. The fourth-order valence-corrected chi connectivity index (χ4v) is 2.40. The minimum atomic E-state index is -0.265. The van der Waals surface area contributed by atoms with Crippen molar-refractivity contribution in [1.29, 1.82) is 0 Å². The van der Waals surface area contributed by atoms with E-state index >= 15 is 0 Å². The van der Waals surface area contributed by atoms with E-state index in [0.29, 0.717) is 17.4 Å². The van der Waals surface area contributed by atoms with Crippen LogP contribution in [-0.2, 0) is 0 Å². The summed E-state index contributed by atoms with van der Waals surface area (Å²) in [5.41, 5.74) is 5.74. The molecule has 3 N–H and O–H groups in total. The summed E-state index contributed by atoms with van der Waals surface area (Å²) in [7, 11) is 0. The van der Waals surface area contributed by atoms with E-state index in [-0.39, 0.29) is 11.6 Å². The summed E-state index contributed by atoms with van der Waals surface area (Å²) in [4.78, 5) is 18.3. The van der Waals surface area contributed by atoms with E-state index in [2.05, 4.69) is 15.2 Å². The first kappa shape index (κ1) is 14.1. The Hall–Kier alpha value is -1.33. The predicted molar refractivity (Wildman–Crippen MR) is 76.3 cm³/mol. The number of nitrogen functional groups attached to an aromatic ring is 1. The topological polar surface area (TPSA) is 71.2 Å². The molecule has 1 aliphatic rings. The van der Waals surface area contributed by atoms with Crippen LogP contribution in [0.1, 0.15) is 29.8 Å². The fourth-order valence-electron chi connectivity index (χ4n) is 2.21. The molecule has 0 aliphatic carbocycles. The van der Waals surface area contributed by atoms with Gasteiger partial charge in [-0.25, -0.2) is 4.98 Å². The number of rotatable bonds is 5. The molecular weight excluding hydrogens is 264 g/mol. The Bertz CT molecular complexity index is 446. The molecule has 1 amide bonds. The van der Waals surface area contributed by atoms with Gasteiger partial charge in [-0.2, -0.15) is 0 Å². The van der Waals surface area contributed by atoms with E-state index in [1.807, 2.05) is 0 Å². The number of anilines is 1. The van der Waals surface area contributed by atoms with Crippen molar-refractivity contribution in [3.63, 3.8) is 0 Å². The molecule has 1 saturated heterocycles. The molecule has 0 unspecified atom stereocenters. The van der Waals surface area contributed by atoms with Crippen molar-refractivity contribution in [2.45, 2.75) is 19.3 Å². The van der Waals surface area contributed by atoms with Gasteiger partial charge in [0.05, 0.1) is 5.02 Å². The average molecular weight is 283 g/mol. The van der Waals surface area contributed by atoms with Gasteiger partial charge < -0.3 is 16.0 Å². The van der Waals surface area contributed by atoms with Crippen LogP contribution in [0.25, 0.3) is 0 Å². The highest BCUT2D eigenvalue weighted by Gasteiger charge is 2.13. The first-order valence-corrected chi connectivity index (χ1v) is 6.97. The number of halogens is 1. The Labute approximate surface area is 118 Å². The summed E-state index contributed by atoms with van der Waals surface area (Å²) in [6.07, 6.45) is 3.51. The molecule has 19 heavy (non-hydrogen) atoms. The van der Waals surface area contributed by atoms with Crippen LogP contribution in [0, 0.1) is 0 Å². The molecule has 2 rings (SSSR count). The zero-order valence-electron chi connectivity index (χ0n) is 10.9. The number of nitrogens with one attached hydrogen (secondary N) is 1. The molecule has 0 radical (unpaired) electrons. The molecule has 0 spiro atoms. The molecule has 1 aliphatic heterocycles. The number of hydrogen-bond acceptors (Lipinski definition) is 4. The molecule has 0 atom stereocenters. The molecule has 2 heterocycles. The number of likely N-dealkylation sites (tertiary alicyclic amines) is 1. The zero-order valence-corrected chi connectivity index (χ0v) is 11.6. The molecule has 0 bridgehead atoms. The van der Waals surface area contributed by atoms with Gasteiger partial charge in [-0.05, 0) is 51.0 Å². The summed E-state index contributed by atoms with van der Waals surface area (Å²) in [6, 6.07) is 3.16. The number of carbonyl (C=O) groups excluding carboxylic acids is 1. The minimum absolute atomic E-state index is 0.197. The average Bonchev–Trinajstić information content (AvgIpc) is 2.90. The van der Waals surface area contributed by atoms with Crippen molar-refractivity contribution in [3.05, 3.63) is 22.8 Å². The van der Waals surface area contributed by atoms with Gasteiger partial charge in [0.2, 0.25) is 0 Å². The number of pyridine rings is 1. The molecule has 0 aromatic carbocycles. The number of carbonyl (C=O) groups is 1. The largest absolute Gasteiger partial charge is 0.384 e. The lowest BCUT2D eigenvalue weighted by Crippen LogP contribution is -2.29. The third-order valence-corrected chi connectivity index (χ3v) is 3.52. The number of nitrogens with two attached hydrogens (primary N) is 1. The first-order valence-electron chi connectivity index (χ1n) is 6.59. The van der Waals surface area contributed by atoms with Crippen LogP contribution >= 0.6 is 11.6 Å². The van der Waals surface area contributed by atoms with Crippen molar-refractivity contribution in [2.24, 2.45) is 0 Å². The van der Waals surface area contributed by atoms with Crippen LogP contribution in [0.4, 0.5) is 5.82 Å². The van der Waals surface area contributed by atoms with Gasteiger partial charge in [0.15, 0.2) is 0 Å². The van der Waals surface area contributed by atoms with Crippen LogP contribution in [0.3, 0.4) is 0 Å². The van der Waals surface area contributed by atoms with Gasteiger partial charge >= 0.3 is 0 Å². The van der Waals surface area contributed by atoms with Crippen LogP contribution in [-0.4, -0.2) is 42.0 Å². The van der Waals surface area contributed by atoms with Crippen LogP contribution in [0.5, 0.6) is 0 Å². The molecule has 1 aromatic rings. The van der Waals surface area contributed by atoms with Gasteiger partial charge in [0.25, 0.3) is 5.91 Å². The molecule has 5 nitrogen and oxygen atoms in total. The molecule has 1 fully saturated rings. The van der Waals surface area contributed by atoms with Gasteiger partial charge in [-0.1, -0.05) is 11.6 Å². The highest BCUT2D eigenvalue weighted by atomic mass is 35.5. The van der Waals surface area contributed by atoms with Gasteiger partial charge in [-0.3, -0.25) is 4.79 Å². The fraction of sp³-hybridized carbons (Fsp3) is 0.538. The van der Waals surface area contributed by atoms with Crippen LogP contribution < -0.4 is 11.1 Å². The molecule has 0 saturated carbocycles. The van der Waals surface area contributed by atoms with Crippen molar-refractivity contribution in [1.82, 2.24) is 15.2 Å². The summed E-state index contributed by atoms with van der Waals surface area (Å²) in [6.45, 7) is 4.01. The highest BCUT2D eigenvalue weighted by Crippen LogP contribution is 2.14. The normalized spacial score (nSPS) is 15.6. The molecule has 1 aromatic heterocycles. The Balaban J connectivity index is 1.75. The molecule has 6 heteroatoms. The second-order valence-electron chi connectivity index (χ2n) is 4.72. The zero-order chi connectivity index (χ0) is 13.7. The Morgan fingerprint density at radius 3 is 2.89 bits per heavy atom.